The number of aliphatic carboxylic acids is 1. The Morgan fingerprint density at radius 1 is 1.12 bits per heavy atom. The van der Waals surface area contributed by atoms with Crippen molar-refractivity contribution in [1.82, 2.24) is 9.80 Å². The van der Waals surface area contributed by atoms with Crippen LogP contribution >= 0.6 is 0 Å². The van der Waals surface area contributed by atoms with E-state index < -0.39 is 12.0 Å². The van der Waals surface area contributed by atoms with Gasteiger partial charge in [0.1, 0.15) is 6.04 Å². The van der Waals surface area contributed by atoms with Crippen molar-refractivity contribution < 1.29 is 14.7 Å². The molecule has 2 heterocycles. The van der Waals surface area contributed by atoms with E-state index in [4.69, 9.17) is 5.11 Å². The molecule has 5 nitrogen and oxygen atoms in total. The zero-order valence-corrected chi connectivity index (χ0v) is 9.56. The minimum atomic E-state index is -0.869. The monoisotopic (exact) mass is 226 g/mol. The predicted octanol–water partition coefficient (Wildman–Crippen LogP) is 0.156. The van der Waals surface area contributed by atoms with Crippen molar-refractivity contribution in [2.24, 2.45) is 0 Å². The summed E-state index contributed by atoms with van der Waals surface area (Å²) in [4.78, 5) is 26.8. The maximum absolute atomic E-state index is 12.2. The Hall–Kier alpha value is -1.10. The van der Waals surface area contributed by atoms with E-state index in [1.165, 1.54) is 0 Å². The molecule has 0 aromatic carbocycles. The lowest BCUT2D eigenvalue weighted by atomic mass is 10.1. The number of rotatable bonds is 2. The summed E-state index contributed by atoms with van der Waals surface area (Å²) in [5.41, 5.74) is 0. The van der Waals surface area contributed by atoms with Gasteiger partial charge in [-0.15, -0.1) is 0 Å². The van der Waals surface area contributed by atoms with Crippen LogP contribution in [0.3, 0.4) is 0 Å². The quantitative estimate of drug-likeness (QED) is 0.728. The van der Waals surface area contributed by atoms with E-state index in [-0.39, 0.29) is 11.9 Å². The summed E-state index contributed by atoms with van der Waals surface area (Å²) >= 11 is 0. The average Bonchev–Trinajstić information content (AvgIpc) is 2.84. The fourth-order valence-electron chi connectivity index (χ4n) is 2.70. The highest BCUT2D eigenvalue weighted by Gasteiger charge is 2.39. The van der Waals surface area contributed by atoms with E-state index in [0.29, 0.717) is 13.0 Å². The van der Waals surface area contributed by atoms with E-state index in [9.17, 15) is 9.59 Å². The number of hydrogen-bond donors (Lipinski definition) is 1. The molecule has 90 valence electrons. The molecule has 0 spiro atoms. The molecule has 1 N–H and O–H groups in total. The van der Waals surface area contributed by atoms with E-state index in [1.807, 2.05) is 11.9 Å². The van der Waals surface area contributed by atoms with Gasteiger partial charge in [-0.25, -0.2) is 4.79 Å². The van der Waals surface area contributed by atoms with Gasteiger partial charge in [-0.1, -0.05) is 0 Å². The molecule has 2 aliphatic heterocycles. The molecule has 16 heavy (non-hydrogen) atoms. The van der Waals surface area contributed by atoms with Gasteiger partial charge in [0.2, 0.25) is 5.91 Å². The molecule has 2 aliphatic rings. The Morgan fingerprint density at radius 3 is 2.31 bits per heavy atom. The topological polar surface area (TPSA) is 60.9 Å². The van der Waals surface area contributed by atoms with Crippen LogP contribution in [0, 0.1) is 0 Å². The van der Waals surface area contributed by atoms with Crippen molar-refractivity contribution in [3.05, 3.63) is 0 Å². The van der Waals surface area contributed by atoms with Crippen molar-refractivity contribution in [1.29, 1.82) is 0 Å². The first kappa shape index (κ1) is 11.4. The largest absolute Gasteiger partial charge is 0.480 e. The van der Waals surface area contributed by atoms with Gasteiger partial charge in [-0.2, -0.15) is 0 Å². The molecule has 0 saturated carbocycles. The van der Waals surface area contributed by atoms with Gasteiger partial charge in [0.25, 0.3) is 0 Å². The number of carboxylic acid groups (broad SMARTS) is 1. The first-order valence-electron chi connectivity index (χ1n) is 5.85. The highest BCUT2D eigenvalue weighted by atomic mass is 16.4. The normalized spacial score (nSPS) is 30.9. The summed E-state index contributed by atoms with van der Waals surface area (Å²) < 4.78 is 0. The van der Waals surface area contributed by atoms with E-state index >= 15 is 0 Å². The second-order valence-electron chi connectivity index (χ2n) is 4.67. The second-order valence-corrected chi connectivity index (χ2v) is 4.67. The summed E-state index contributed by atoms with van der Waals surface area (Å²) in [6, 6.07) is -0.693. The van der Waals surface area contributed by atoms with Crippen molar-refractivity contribution in [3.63, 3.8) is 0 Å². The zero-order valence-electron chi connectivity index (χ0n) is 9.56. The Morgan fingerprint density at radius 2 is 1.75 bits per heavy atom. The molecule has 0 aromatic rings. The third-order valence-electron chi connectivity index (χ3n) is 3.63. The molecule has 1 unspecified atom stereocenters. The number of amides is 1. The molecule has 2 fully saturated rings. The van der Waals surface area contributed by atoms with Crippen molar-refractivity contribution in [3.8, 4) is 0 Å². The van der Waals surface area contributed by atoms with Crippen LogP contribution in [0.1, 0.15) is 25.7 Å². The number of carbonyl (C=O) groups excluding carboxylic acids is 1. The molecule has 5 heteroatoms. The third-order valence-corrected chi connectivity index (χ3v) is 3.63. The summed E-state index contributed by atoms with van der Waals surface area (Å²) in [6.07, 6.45) is 3.29. The molecule has 0 aromatic heterocycles. The number of likely N-dealkylation sites (N-methyl/N-ethyl adjacent to an activating group) is 1. The minimum Gasteiger partial charge on any atom is -0.480 e. The molecule has 2 saturated heterocycles. The van der Waals surface area contributed by atoms with Crippen molar-refractivity contribution >= 4 is 11.9 Å². The Balaban J connectivity index is 2.06. The van der Waals surface area contributed by atoms with Crippen LogP contribution in [0.15, 0.2) is 0 Å². The number of likely N-dealkylation sites (tertiary alicyclic amines) is 2. The molecular weight excluding hydrogens is 208 g/mol. The van der Waals surface area contributed by atoms with E-state index in [0.717, 1.165) is 25.8 Å². The number of carboxylic acids is 1. The van der Waals surface area contributed by atoms with E-state index in [2.05, 4.69) is 0 Å². The molecular formula is C11H18N2O3. The van der Waals surface area contributed by atoms with Gasteiger partial charge in [-0.3, -0.25) is 9.69 Å². The van der Waals surface area contributed by atoms with Gasteiger partial charge >= 0.3 is 5.97 Å². The fraction of sp³-hybridized carbons (Fsp3) is 0.818. The molecule has 2 rings (SSSR count). The molecule has 2 atom stereocenters. The van der Waals surface area contributed by atoms with Gasteiger partial charge in [0.05, 0.1) is 6.04 Å². The maximum atomic E-state index is 12.2. The number of nitrogens with zero attached hydrogens (tertiary/aromatic N) is 2. The zero-order chi connectivity index (χ0) is 11.7. The van der Waals surface area contributed by atoms with Crippen LogP contribution < -0.4 is 0 Å². The third kappa shape index (κ3) is 1.91. The molecule has 1 amide bonds. The number of carbonyl (C=O) groups is 2. The standard InChI is InChI=1S/C11H18N2O3/c1-12-6-2-4-8(12)10(14)13-7-3-5-9(13)11(15)16/h8-9H,2-7H2,1H3,(H,15,16)/t8?,9-/m0/s1. The van der Waals surface area contributed by atoms with Crippen LogP contribution in [0.25, 0.3) is 0 Å². The number of hydrogen-bond acceptors (Lipinski definition) is 3. The highest BCUT2D eigenvalue weighted by molar-refractivity contribution is 5.87. The van der Waals surface area contributed by atoms with Crippen LogP contribution in [-0.4, -0.2) is 59.0 Å². The fourth-order valence-corrected chi connectivity index (χ4v) is 2.70. The van der Waals surface area contributed by atoms with Gasteiger partial charge in [-0.05, 0) is 39.3 Å². The van der Waals surface area contributed by atoms with Gasteiger partial charge in [0.15, 0.2) is 0 Å². The lowest BCUT2D eigenvalue weighted by Crippen LogP contribution is -2.48. The summed E-state index contributed by atoms with van der Waals surface area (Å²) in [5, 5.41) is 9.03. The Bertz CT molecular complexity index is 306. The highest BCUT2D eigenvalue weighted by Crippen LogP contribution is 2.23. The smallest absolute Gasteiger partial charge is 0.326 e. The molecule has 0 bridgehead atoms. The summed E-state index contributed by atoms with van der Waals surface area (Å²) in [7, 11) is 1.93. The van der Waals surface area contributed by atoms with Gasteiger partial charge < -0.3 is 10.0 Å². The molecule has 0 aliphatic carbocycles. The summed E-state index contributed by atoms with van der Waals surface area (Å²) in [5.74, 6) is -0.864. The Labute approximate surface area is 95.0 Å². The second kappa shape index (κ2) is 4.41. The SMILES string of the molecule is CN1CCCC1C(=O)N1CCC[C@H]1C(=O)O. The van der Waals surface area contributed by atoms with Crippen LogP contribution in [-0.2, 0) is 9.59 Å². The average molecular weight is 226 g/mol. The predicted molar refractivity (Wildman–Crippen MR) is 58.0 cm³/mol. The lowest BCUT2D eigenvalue weighted by Gasteiger charge is -2.27. The maximum Gasteiger partial charge on any atom is 0.326 e. The first-order chi connectivity index (χ1) is 7.61. The minimum absolute atomic E-state index is 0.00454. The van der Waals surface area contributed by atoms with Crippen LogP contribution in [0.2, 0.25) is 0 Å². The van der Waals surface area contributed by atoms with E-state index in [1.54, 1.807) is 4.90 Å². The van der Waals surface area contributed by atoms with Crippen molar-refractivity contribution in [2.45, 2.75) is 37.8 Å². The summed E-state index contributed by atoms with van der Waals surface area (Å²) in [6.45, 7) is 1.53. The Kier molecular flexibility index (Phi) is 3.14. The first-order valence-corrected chi connectivity index (χ1v) is 5.85. The lowest BCUT2D eigenvalue weighted by molar-refractivity contribution is -0.149. The van der Waals surface area contributed by atoms with Gasteiger partial charge in [0, 0.05) is 6.54 Å². The van der Waals surface area contributed by atoms with Crippen molar-refractivity contribution in [2.75, 3.05) is 20.1 Å². The molecule has 0 radical (unpaired) electrons. The van der Waals surface area contributed by atoms with Crippen LogP contribution in [0.4, 0.5) is 0 Å². The van der Waals surface area contributed by atoms with Crippen LogP contribution in [0.5, 0.6) is 0 Å².